The predicted octanol–water partition coefficient (Wildman–Crippen LogP) is 2.82. The van der Waals surface area contributed by atoms with E-state index in [1.165, 1.54) is 58.2 Å². The fourth-order valence-electron chi connectivity index (χ4n) is 4.79. The van der Waals surface area contributed by atoms with Crippen LogP contribution < -0.4 is 4.90 Å². The van der Waals surface area contributed by atoms with E-state index in [9.17, 15) is 0 Å². The molecule has 1 aromatic heterocycles. The average molecular weight is 300 g/mol. The zero-order valence-corrected chi connectivity index (χ0v) is 13.5. The molecule has 4 nitrogen and oxygen atoms in total. The standard InChI is InChI=1S/C18H28N4/c1-2-5-15(6-3-1)11-21-12-16-7-10-22(14-17(16)13-21)18-19-8-4-9-20-18/h4,8-9,15-17H,1-3,5-7,10-14H2/t16-,17-/m1/s1. The fourth-order valence-corrected chi connectivity index (χ4v) is 4.79. The number of rotatable bonds is 3. The Morgan fingerprint density at radius 2 is 1.68 bits per heavy atom. The second-order valence-electron chi connectivity index (χ2n) is 7.53. The van der Waals surface area contributed by atoms with Crippen LogP contribution in [0, 0.1) is 17.8 Å². The number of likely N-dealkylation sites (tertiary alicyclic amines) is 1. The van der Waals surface area contributed by atoms with Crippen molar-refractivity contribution in [3.63, 3.8) is 0 Å². The van der Waals surface area contributed by atoms with Crippen LogP contribution >= 0.6 is 0 Å². The maximum Gasteiger partial charge on any atom is 0.225 e. The van der Waals surface area contributed by atoms with Crippen LogP contribution in [-0.2, 0) is 0 Å². The number of aromatic nitrogens is 2. The van der Waals surface area contributed by atoms with Crippen LogP contribution in [0.4, 0.5) is 5.95 Å². The van der Waals surface area contributed by atoms with Gasteiger partial charge in [0.2, 0.25) is 5.95 Å². The Bertz CT molecular complexity index is 471. The molecule has 2 atom stereocenters. The van der Waals surface area contributed by atoms with Crippen LogP contribution in [0.3, 0.4) is 0 Å². The third kappa shape index (κ3) is 3.12. The number of hydrogen-bond donors (Lipinski definition) is 0. The lowest BCUT2D eigenvalue weighted by atomic mass is 9.89. The van der Waals surface area contributed by atoms with E-state index in [2.05, 4.69) is 19.8 Å². The van der Waals surface area contributed by atoms with Crippen LogP contribution in [0.2, 0.25) is 0 Å². The highest BCUT2D eigenvalue weighted by molar-refractivity contribution is 5.29. The lowest BCUT2D eigenvalue weighted by molar-refractivity contribution is 0.226. The first-order valence-electron chi connectivity index (χ1n) is 9.13. The maximum atomic E-state index is 4.43. The summed E-state index contributed by atoms with van der Waals surface area (Å²) in [6.45, 7) is 6.27. The minimum atomic E-state index is 0.821. The zero-order valence-electron chi connectivity index (χ0n) is 13.5. The summed E-state index contributed by atoms with van der Waals surface area (Å²) in [6.07, 6.45) is 12.4. The third-order valence-electron chi connectivity index (χ3n) is 5.95. The van der Waals surface area contributed by atoms with Crippen molar-refractivity contribution in [2.45, 2.75) is 38.5 Å². The summed E-state index contributed by atoms with van der Waals surface area (Å²) in [7, 11) is 0. The van der Waals surface area contributed by atoms with Gasteiger partial charge in [-0.25, -0.2) is 9.97 Å². The summed E-state index contributed by atoms with van der Waals surface area (Å²) in [5.74, 6) is 3.62. The molecule has 0 N–H and O–H groups in total. The molecule has 1 saturated carbocycles. The third-order valence-corrected chi connectivity index (χ3v) is 5.95. The molecule has 3 fully saturated rings. The summed E-state index contributed by atoms with van der Waals surface area (Å²) < 4.78 is 0. The van der Waals surface area contributed by atoms with Gasteiger partial charge in [0, 0.05) is 45.1 Å². The van der Waals surface area contributed by atoms with Crippen LogP contribution in [-0.4, -0.2) is 47.6 Å². The number of hydrogen-bond acceptors (Lipinski definition) is 4. The number of piperidine rings is 1. The molecule has 0 amide bonds. The van der Waals surface area contributed by atoms with Gasteiger partial charge in [-0.05, 0) is 43.1 Å². The number of nitrogens with zero attached hydrogens (tertiary/aromatic N) is 4. The van der Waals surface area contributed by atoms with Gasteiger partial charge in [-0.3, -0.25) is 0 Å². The first-order chi connectivity index (χ1) is 10.9. The molecule has 0 radical (unpaired) electrons. The minimum absolute atomic E-state index is 0.821. The molecule has 0 bridgehead atoms. The van der Waals surface area contributed by atoms with Gasteiger partial charge in [0.25, 0.3) is 0 Å². The summed E-state index contributed by atoms with van der Waals surface area (Å²) in [6, 6.07) is 1.90. The van der Waals surface area contributed by atoms with E-state index in [0.717, 1.165) is 36.8 Å². The topological polar surface area (TPSA) is 32.3 Å². The van der Waals surface area contributed by atoms with Crippen LogP contribution in [0.15, 0.2) is 18.5 Å². The van der Waals surface area contributed by atoms with E-state index in [0.29, 0.717) is 0 Å². The van der Waals surface area contributed by atoms with Gasteiger partial charge in [-0.15, -0.1) is 0 Å². The highest BCUT2D eigenvalue weighted by Gasteiger charge is 2.38. The smallest absolute Gasteiger partial charge is 0.225 e. The highest BCUT2D eigenvalue weighted by atomic mass is 15.3. The summed E-state index contributed by atoms with van der Waals surface area (Å²) in [5.41, 5.74) is 0. The van der Waals surface area contributed by atoms with Gasteiger partial charge < -0.3 is 9.80 Å². The quantitative estimate of drug-likeness (QED) is 0.859. The fraction of sp³-hybridized carbons (Fsp3) is 0.778. The molecule has 3 aliphatic rings. The van der Waals surface area contributed by atoms with Gasteiger partial charge in [-0.1, -0.05) is 19.3 Å². The van der Waals surface area contributed by atoms with Crippen molar-refractivity contribution in [3.05, 3.63) is 18.5 Å². The van der Waals surface area contributed by atoms with E-state index in [1.807, 2.05) is 18.5 Å². The van der Waals surface area contributed by atoms with Gasteiger partial charge in [0.15, 0.2) is 0 Å². The van der Waals surface area contributed by atoms with Crippen molar-refractivity contribution in [1.82, 2.24) is 14.9 Å². The van der Waals surface area contributed by atoms with E-state index >= 15 is 0 Å². The van der Waals surface area contributed by atoms with Crippen molar-refractivity contribution in [2.24, 2.45) is 17.8 Å². The minimum Gasteiger partial charge on any atom is -0.340 e. The molecular weight excluding hydrogens is 272 g/mol. The Morgan fingerprint density at radius 1 is 0.909 bits per heavy atom. The second-order valence-corrected chi connectivity index (χ2v) is 7.53. The van der Waals surface area contributed by atoms with Crippen molar-refractivity contribution >= 4 is 5.95 Å². The molecule has 22 heavy (non-hydrogen) atoms. The Kier molecular flexibility index (Phi) is 4.28. The largest absolute Gasteiger partial charge is 0.340 e. The zero-order chi connectivity index (χ0) is 14.8. The second kappa shape index (κ2) is 6.53. The Balaban J connectivity index is 1.33. The van der Waals surface area contributed by atoms with Gasteiger partial charge in [0.1, 0.15) is 0 Å². The molecule has 0 aromatic carbocycles. The molecule has 4 heteroatoms. The Morgan fingerprint density at radius 3 is 2.50 bits per heavy atom. The molecule has 2 saturated heterocycles. The van der Waals surface area contributed by atoms with E-state index in [-0.39, 0.29) is 0 Å². The summed E-state index contributed by atoms with van der Waals surface area (Å²) >= 11 is 0. The summed E-state index contributed by atoms with van der Waals surface area (Å²) in [5, 5.41) is 0. The molecule has 1 aromatic rings. The molecule has 0 spiro atoms. The van der Waals surface area contributed by atoms with Crippen molar-refractivity contribution in [2.75, 3.05) is 37.6 Å². The van der Waals surface area contributed by atoms with Crippen molar-refractivity contribution in [3.8, 4) is 0 Å². The normalized spacial score (nSPS) is 30.5. The lowest BCUT2D eigenvalue weighted by Crippen LogP contribution is -2.40. The highest BCUT2D eigenvalue weighted by Crippen LogP contribution is 2.34. The Labute approximate surface area is 133 Å². The average Bonchev–Trinajstić information content (AvgIpc) is 2.98. The van der Waals surface area contributed by atoms with E-state index < -0.39 is 0 Å². The predicted molar refractivity (Wildman–Crippen MR) is 88.9 cm³/mol. The van der Waals surface area contributed by atoms with Gasteiger partial charge >= 0.3 is 0 Å². The van der Waals surface area contributed by atoms with Gasteiger partial charge in [0.05, 0.1) is 0 Å². The van der Waals surface area contributed by atoms with E-state index in [1.54, 1.807) is 0 Å². The maximum absolute atomic E-state index is 4.43. The molecule has 4 rings (SSSR count). The van der Waals surface area contributed by atoms with E-state index in [4.69, 9.17) is 0 Å². The first-order valence-corrected chi connectivity index (χ1v) is 9.13. The van der Waals surface area contributed by atoms with Crippen LogP contribution in [0.5, 0.6) is 0 Å². The van der Waals surface area contributed by atoms with Gasteiger partial charge in [-0.2, -0.15) is 0 Å². The van der Waals surface area contributed by atoms with Crippen molar-refractivity contribution < 1.29 is 0 Å². The molecule has 1 aliphatic carbocycles. The Hall–Kier alpha value is -1.16. The lowest BCUT2D eigenvalue weighted by Gasteiger charge is -2.34. The molecule has 0 unspecified atom stereocenters. The van der Waals surface area contributed by atoms with Crippen molar-refractivity contribution in [1.29, 1.82) is 0 Å². The molecular formula is C18H28N4. The SMILES string of the molecule is c1cnc(N2CC[C@@H]3CN(CC4CCCCC4)C[C@@H]3C2)nc1. The number of fused-ring (bicyclic) bond motifs is 1. The molecule has 3 heterocycles. The summed E-state index contributed by atoms with van der Waals surface area (Å²) in [4.78, 5) is 14.0. The van der Waals surface area contributed by atoms with Crippen LogP contribution in [0.1, 0.15) is 38.5 Å². The monoisotopic (exact) mass is 300 g/mol. The van der Waals surface area contributed by atoms with Crippen LogP contribution in [0.25, 0.3) is 0 Å². The number of anilines is 1. The first kappa shape index (κ1) is 14.4. The molecule has 120 valence electrons. The molecule has 2 aliphatic heterocycles.